The second kappa shape index (κ2) is 8.33. The molecule has 1 aromatic carbocycles. The number of amides is 3. The molecule has 1 aliphatic heterocycles. The molecule has 2 rings (SSSR count). The molecule has 24 heavy (non-hydrogen) atoms. The van der Waals surface area contributed by atoms with E-state index >= 15 is 0 Å². The van der Waals surface area contributed by atoms with Crippen LogP contribution in [0.2, 0.25) is 0 Å². The van der Waals surface area contributed by atoms with Crippen LogP contribution in [0, 0.1) is 0 Å². The van der Waals surface area contributed by atoms with Crippen molar-refractivity contribution in [2.75, 3.05) is 26.7 Å². The molecule has 0 aromatic heterocycles. The zero-order valence-corrected chi connectivity index (χ0v) is 14.4. The predicted octanol–water partition coefficient (Wildman–Crippen LogP) is 1.03. The molecule has 1 heterocycles. The van der Waals surface area contributed by atoms with Gasteiger partial charge in [-0.15, -0.1) is 0 Å². The SMILES string of the molecule is CCc1ccc(C(C)NC(=NC)NCCN2C(=O)CNC2=O)cc1. The molecule has 1 fully saturated rings. The number of rotatable bonds is 6. The maximum absolute atomic E-state index is 11.5. The van der Waals surface area contributed by atoms with E-state index in [1.807, 2.05) is 0 Å². The summed E-state index contributed by atoms with van der Waals surface area (Å²) >= 11 is 0. The Hall–Kier alpha value is -2.57. The van der Waals surface area contributed by atoms with Crippen molar-refractivity contribution >= 4 is 17.9 Å². The van der Waals surface area contributed by atoms with Crippen LogP contribution >= 0.6 is 0 Å². The quantitative estimate of drug-likeness (QED) is 0.413. The molecule has 0 aliphatic carbocycles. The van der Waals surface area contributed by atoms with Gasteiger partial charge in [0.25, 0.3) is 0 Å². The van der Waals surface area contributed by atoms with Crippen LogP contribution in [0.1, 0.15) is 31.0 Å². The smallest absolute Gasteiger partial charge is 0.324 e. The van der Waals surface area contributed by atoms with Crippen molar-refractivity contribution in [3.8, 4) is 0 Å². The van der Waals surface area contributed by atoms with Gasteiger partial charge in [0.1, 0.15) is 0 Å². The second-order valence-corrected chi connectivity index (χ2v) is 5.66. The molecule has 7 nitrogen and oxygen atoms in total. The minimum absolute atomic E-state index is 0.0800. The van der Waals surface area contributed by atoms with Gasteiger partial charge < -0.3 is 16.0 Å². The number of nitrogens with zero attached hydrogens (tertiary/aromatic N) is 2. The van der Waals surface area contributed by atoms with Crippen molar-refractivity contribution < 1.29 is 9.59 Å². The number of aryl methyl sites for hydroxylation is 1. The molecule has 1 aliphatic rings. The molecule has 0 radical (unpaired) electrons. The Labute approximate surface area is 142 Å². The van der Waals surface area contributed by atoms with Gasteiger partial charge in [-0.05, 0) is 24.5 Å². The number of nitrogens with one attached hydrogen (secondary N) is 3. The van der Waals surface area contributed by atoms with E-state index in [0.717, 1.165) is 6.42 Å². The van der Waals surface area contributed by atoms with E-state index in [1.165, 1.54) is 16.0 Å². The van der Waals surface area contributed by atoms with Crippen molar-refractivity contribution in [1.82, 2.24) is 20.9 Å². The number of benzene rings is 1. The minimum atomic E-state index is -0.339. The number of imide groups is 1. The van der Waals surface area contributed by atoms with E-state index in [-0.39, 0.29) is 24.5 Å². The molecule has 7 heteroatoms. The summed E-state index contributed by atoms with van der Waals surface area (Å²) in [5.74, 6) is 0.434. The van der Waals surface area contributed by atoms with Gasteiger partial charge in [0.15, 0.2) is 5.96 Å². The Morgan fingerprint density at radius 2 is 2.04 bits per heavy atom. The normalized spacial score (nSPS) is 16.1. The van der Waals surface area contributed by atoms with Gasteiger partial charge >= 0.3 is 6.03 Å². The van der Waals surface area contributed by atoms with Crippen LogP contribution in [0.25, 0.3) is 0 Å². The van der Waals surface area contributed by atoms with Gasteiger partial charge in [0, 0.05) is 20.1 Å². The standard InChI is InChI=1S/C17H25N5O2/c1-4-13-5-7-14(8-6-13)12(2)21-16(18-3)19-9-10-22-15(23)11-20-17(22)24/h5-8,12H,4,9-11H2,1-3H3,(H,20,24)(H2,18,19,21). The number of hydrogen-bond acceptors (Lipinski definition) is 3. The fourth-order valence-corrected chi connectivity index (χ4v) is 2.49. The lowest BCUT2D eigenvalue weighted by molar-refractivity contribution is -0.124. The Kier molecular flexibility index (Phi) is 6.17. The molecule has 1 unspecified atom stereocenters. The largest absolute Gasteiger partial charge is 0.355 e. The van der Waals surface area contributed by atoms with Crippen molar-refractivity contribution in [3.05, 3.63) is 35.4 Å². The number of hydrogen-bond donors (Lipinski definition) is 3. The first kappa shape index (κ1) is 17.8. The van der Waals surface area contributed by atoms with Gasteiger partial charge in [-0.2, -0.15) is 0 Å². The summed E-state index contributed by atoms with van der Waals surface area (Å²) in [6.45, 7) is 5.03. The van der Waals surface area contributed by atoms with E-state index < -0.39 is 0 Å². The fraction of sp³-hybridized carbons (Fsp3) is 0.471. The number of guanidine groups is 1. The lowest BCUT2D eigenvalue weighted by Gasteiger charge is -2.19. The summed E-state index contributed by atoms with van der Waals surface area (Å²) in [5, 5.41) is 8.93. The molecule has 1 aromatic rings. The fourth-order valence-electron chi connectivity index (χ4n) is 2.49. The van der Waals surface area contributed by atoms with Gasteiger partial charge in [-0.1, -0.05) is 31.2 Å². The van der Waals surface area contributed by atoms with E-state index in [1.54, 1.807) is 7.05 Å². The van der Waals surface area contributed by atoms with Gasteiger partial charge in [0.05, 0.1) is 12.6 Å². The maximum atomic E-state index is 11.5. The summed E-state index contributed by atoms with van der Waals surface area (Å²) in [7, 11) is 1.69. The van der Waals surface area contributed by atoms with E-state index in [0.29, 0.717) is 19.0 Å². The predicted molar refractivity (Wildman–Crippen MR) is 93.8 cm³/mol. The van der Waals surface area contributed by atoms with Gasteiger partial charge in [-0.3, -0.25) is 14.7 Å². The molecule has 130 valence electrons. The number of aliphatic imine (C=N–C) groups is 1. The maximum Gasteiger partial charge on any atom is 0.324 e. The zero-order chi connectivity index (χ0) is 17.5. The van der Waals surface area contributed by atoms with Gasteiger partial charge in [0.2, 0.25) is 5.91 Å². The van der Waals surface area contributed by atoms with Crippen LogP contribution in [0.5, 0.6) is 0 Å². The highest BCUT2D eigenvalue weighted by Crippen LogP contribution is 2.13. The average Bonchev–Trinajstić information content (AvgIpc) is 2.92. The third kappa shape index (κ3) is 4.47. The lowest BCUT2D eigenvalue weighted by Crippen LogP contribution is -2.43. The minimum Gasteiger partial charge on any atom is -0.355 e. The van der Waals surface area contributed by atoms with Crippen molar-refractivity contribution in [2.24, 2.45) is 4.99 Å². The third-order valence-electron chi connectivity index (χ3n) is 4.03. The molecular weight excluding hydrogens is 306 g/mol. The van der Waals surface area contributed by atoms with E-state index in [9.17, 15) is 9.59 Å². The van der Waals surface area contributed by atoms with Crippen LogP contribution < -0.4 is 16.0 Å². The summed E-state index contributed by atoms with van der Waals surface area (Å²) in [4.78, 5) is 28.4. The van der Waals surface area contributed by atoms with Crippen LogP contribution in [0.3, 0.4) is 0 Å². The topological polar surface area (TPSA) is 85.8 Å². The van der Waals surface area contributed by atoms with E-state index in [4.69, 9.17) is 0 Å². The molecule has 0 spiro atoms. The summed E-state index contributed by atoms with van der Waals surface area (Å²) in [6.07, 6.45) is 1.02. The first-order valence-electron chi connectivity index (χ1n) is 8.19. The highest BCUT2D eigenvalue weighted by atomic mass is 16.2. The third-order valence-corrected chi connectivity index (χ3v) is 4.03. The number of urea groups is 1. The van der Waals surface area contributed by atoms with Crippen LogP contribution in [0.4, 0.5) is 4.79 Å². The number of carbonyl (C=O) groups excluding carboxylic acids is 2. The summed E-state index contributed by atoms with van der Waals surface area (Å²) in [5.41, 5.74) is 2.48. The van der Waals surface area contributed by atoms with Crippen molar-refractivity contribution in [3.63, 3.8) is 0 Å². The Morgan fingerprint density at radius 3 is 2.58 bits per heavy atom. The van der Waals surface area contributed by atoms with Crippen LogP contribution in [0.15, 0.2) is 29.3 Å². The Bertz CT molecular complexity index is 596. The first-order valence-corrected chi connectivity index (χ1v) is 8.19. The van der Waals surface area contributed by atoms with Crippen LogP contribution in [-0.2, 0) is 11.2 Å². The molecule has 0 saturated carbocycles. The Morgan fingerprint density at radius 1 is 1.33 bits per heavy atom. The molecule has 3 amide bonds. The highest BCUT2D eigenvalue weighted by molar-refractivity contribution is 6.01. The second-order valence-electron chi connectivity index (χ2n) is 5.66. The zero-order valence-electron chi connectivity index (χ0n) is 14.4. The van der Waals surface area contributed by atoms with Crippen LogP contribution in [-0.4, -0.2) is 49.5 Å². The first-order chi connectivity index (χ1) is 11.5. The molecule has 1 saturated heterocycles. The van der Waals surface area contributed by atoms with Crippen molar-refractivity contribution in [1.29, 1.82) is 0 Å². The van der Waals surface area contributed by atoms with E-state index in [2.05, 4.69) is 59.1 Å². The summed E-state index contributed by atoms with van der Waals surface area (Å²) < 4.78 is 0. The molecular formula is C17H25N5O2. The average molecular weight is 331 g/mol. The highest BCUT2D eigenvalue weighted by Gasteiger charge is 2.27. The summed E-state index contributed by atoms with van der Waals surface area (Å²) in [6, 6.07) is 8.23. The molecule has 1 atom stereocenters. The Balaban J connectivity index is 1.83. The molecule has 0 bridgehead atoms. The monoisotopic (exact) mass is 331 g/mol. The lowest BCUT2D eigenvalue weighted by atomic mass is 10.1. The van der Waals surface area contributed by atoms with Crippen molar-refractivity contribution in [2.45, 2.75) is 26.3 Å². The molecule has 3 N–H and O–H groups in total. The van der Waals surface area contributed by atoms with Gasteiger partial charge in [-0.25, -0.2) is 4.79 Å². The number of carbonyl (C=O) groups is 2.